The summed E-state index contributed by atoms with van der Waals surface area (Å²) in [5, 5.41) is 0. The summed E-state index contributed by atoms with van der Waals surface area (Å²) in [6.45, 7) is 16.1. The third-order valence-corrected chi connectivity index (χ3v) is 5.00. The summed E-state index contributed by atoms with van der Waals surface area (Å²) >= 11 is 0. The average Bonchev–Trinajstić information content (AvgIpc) is 2.14. The van der Waals surface area contributed by atoms with E-state index in [1.807, 2.05) is 0 Å². The van der Waals surface area contributed by atoms with Gasteiger partial charge in [-0.15, -0.1) is 0 Å². The largest absolute Gasteiger partial charge is 0.376 e. The van der Waals surface area contributed by atoms with Gasteiger partial charge in [-0.25, -0.2) is 0 Å². The maximum absolute atomic E-state index is 2.57. The number of aromatic nitrogens is 1. The first-order valence-electron chi connectivity index (χ1n) is 4.92. The van der Waals surface area contributed by atoms with E-state index in [2.05, 4.69) is 51.6 Å². The predicted octanol–water partition coefficient (Wildman–Crippen LogP) is 3.40. The Kier molecular flexibility index (Phi) is 2.45. The lowest BCUT2D eigenvalue weighted by Gasteiger charge is -2.23. The van der Waals surface area contributed by atoms with Crippen molar-refractivity contribution in [3.05, 3.63) is 22.5 Å². The number of nitrogens with zero attached hydrogens (tertiary/aromatic N) is 1. The lowest BCUT2D eigenvalue weighted by molar-refractivity contribution is 1.01. The molecule has 2 heteroatoms. The molecule has 1 heterocycles. The quantitative estimate of drug-likeness (QED) is 0.605. The van der Waals surface area contributed by atoms with Crippen LogP contribution in [0.1, 0.15) is 22.5 Å². The van der Waals surface area contributed by atoms with E-state index in [1.54, 1.807) is 0 Å². The fourth-order valence-electron chi connectivity index (χ4n) is 2.14. The summed E-state index contributed by atoms with van der Waals surface area (Å²) in [6, 6.07) is 0. The maximum Gasteiger partial charge on any atom is 0.152 e. The number of hydrogen-bond donors (Lipinski definition) is 0. The zero-order valence-electron chi connectivity index (χ0n) is 9.95. The first-order chi connectivity index (χ1) is 5.76. The molecular weight excluding hydrogens is 174 g/mol. The highest BCUT2D eigenvalue weighted by molar-refractivity contribution is 6.74. The minimum Gasteiger partial charge on any atom is -0.376 e. The summed E-state index contributed by atoms with van der Waals surface area (Å²) in [5.74, 6) is 0. The molecule has 0 aliphatic heterocycles. The van der Waals surface area contributed by atoms with Gasteiger partial charge in [-0.2, -0.15) is 0 Å². The minimum atomic E-state index is -1.22. The van der Waals surface area contributed by atoms with Crippen LogP contribution in [0, 0.1) is 27.7 Å². The molecule has 0 N–H and O–H groups in total. The summed E-state index contributed by atoms with van der Waals surface area (Å²) in [7, 11) is -1.22. The normalized spacial score (nSPS) is 12.2. The van der Waals surface area contributed by atoms with Crippen molar-refractivity contribution in [2.24, 2.45) is 0 Å². The van der Waals surface area contributed by atoms with Crippen LogP contribution in [-0.4, -0.2) is 12.5 Å². The molecular formula is C11H21NSi. The molecule has 0 aromatic carbocycles. The van der Waals surface area contributed by atoms with E-state index in [9.17, 15) is 0 Å². The molecule has 1 aromatic rings. The average molecular weight is 195 g/mol. The molecule has 0 fully saturated rings. The predicted molar refractivity (Wildman–Crippen MR) is 62.1 cm³/mol. The number of hydrogen-bond acceptors (Lipinski definition) is 0. The van der Waals surface area contributed by atoms with Gasteiger partial charge in [-0.05, 0) is 38.8 Å². The topological polar surface area (TPSA) is 4.93 Å². The second kappa shape index (κ2) is 3.02. The van der Waals surface area contributed by atoms with E-state index in [1.165, 1.54) is 22.5 Å². The van der Waals surface area contributed by atoms with Gasteiger partial charge in [0.05, 0.1) is 0 Å². The molecule has 0 aliphatic carbocycles. The zero-order valence-corrected chi connectivity index (χ0v) is 10.9. The van der Waals surface area contributed by atoms with E-state index in [0.29, 0.717) is 0 Å². The fourth-order valence-corrected chi connectivity index (χ4v) is 4.48. The van der Waals surface area contributed by atoms with Crippen LogP contribution in [0.2, 0.25) is 19.6 Å². The van der Waals surface area contributed by atoms with Gasteiger partial charge in [0.25, 0.3) is 0 Å². The van der Waals surface area contributed by atoms with Gasteiger partial charge in [0, 0.05) is 11.4 Å². The molecule has 13 heavy (non-hydrogen) atoms. The van der Waals surface area contributed by atoms with E-state index in [0.717, 1.165) is 0 Å². The molecule has 0 saturated carbocycles. The molecule has 1 rings (SSSR count). The van der Waals surface area contributed by atoms with E-state index < -0.39 is 8.24 Å². The Bertz CT molecular complexity index is 303. The van der Waals surface area contributed by atoms with Gasteiger partial charge < -0.3 is 4.23 Å². The first kappa shape index (κ1) is 10.6. The fraction of sp³-hybridized carbons (Fsp3) is 0.636. The molecule has 0 amide bonds. The highest BCUT2D eigenvalue weighted by Crippen LogP contribution is 2.24. The van der Waals surface area contributed by atoms with E-state index in [4.69, 9.17) is 0 Å². The van der Waals surface area contributed by atoms with Gasteiger partial charge in [0.15, 0.2) is 8.24 Å². The Morgan fingerprint density at radius 2 is 1.08 bits per heavy atom. The van der Waals surface area contributed by atoms with Crippen LogP contribution in [0.25, 0.3) is 0 Å². The van der Waals surface area contributed by atoms with Crippen LogP contribution in [0.4, 0.5) is 0 Å². The summed E-state index contributed by atoms with van der Waals surface area (Å²) in [4.78, 5) is 0. The molecule has 0 radical (unpaired) electrons. The van der Waals surface area contributed by atoms with Crippen LogP contribution in [0.5, 0.6) is 0 Å². The first-order valence-corrected chi connectivity index (χ1v) is 8.37. The van der Waals surface area contributed by atoms with Crippen LogP contribution in [0.15, 0.2) is 0 Å². The molecule has 0 atom stereocenters. The van der Waals surface area contributed by atoms with Crippen molar-refractivity contribution in [2.75, 3.05) is 0 Å². The van der Waals surface area contributed by atoms with Gasteiger partial charge in [0.2, 0.25) is 0 Å². The summed E-state index contributed by atoms with van der Waals surface area (Å²) in [6.07, 6.45) is 0. The molecule has 1 nitrogen and oxygen atoms in total. The van der Waals surface area contributed by atoms with Gasteiger partial charge in [0.1, 0.15) is 0 Å². The third-order valence-electron chi connectivity index (χ3n) is 2.99. The highest BCUT2D eigenvalue weighted by Gasteiger charge is 2.22. The molecule has 0 spiro atoms. The second-order valence-corrected chi connectivity index (χ2v) is 9.72. The van der Waals surface area contributed by atoms with Gasteiger partial charge >= 0.3 is 0 Å². The van der Waals surface area contributed by atoms with Crippen molar-refractivity contribution < 1.29 is 0 Å². The van der Waals surface area contributed by atoms with Crippen molar-refractivity contribution in [1.82, 2.24) is 4.23 Å². The Morgan fingerprint density at radius 1 is 0.769 bits per heavy atom. The maximum atomic E-state index is 2.57. The molecule has 0 bridgehead atoms. The van der Waals surface area contributed by atoms with Crippen molar-refractivity contribution >= 4 is 8.24 Å². The Hall–Kier alpha value is -0.503. The Morgan fingerprint density at radius 3 is 1.23 bits per heavy atom. The van der Waals surface area contributed by atoms with Crippen molar-refractivity contribution in [3.8, 4) is 0 Å². The standard InChI is InChI=1S/C11H21NSi/c1-8-9(2)11(4)12(10(8)3)13(5,6)7/h1-7H3. The van der Waals surface area contributed by atoms with Crippen molar-refractivity contribution in [1.29, 1.82) is 0 Å². The molecule has 0 unspecified atom stereocenters. The second-order valence-electron chi connectivity index (χ2n) is 4.93. The lowest BCUT2D eigenvalue weighted by Crippen LogP contribution is -2.33. The van der Waals surface area contributed by atoms with Crippen LogP contribution >= 0.6 is 0 Å². The molecule has 74 valence electrons. The van der Waals surface area contributed by atoms with Crippen LogP contribution in [-0.2, 0) is 0 Å². The highest BCUT2D eigenvalue weighted by atomic mass is 28.3. The number of rotatable bonds is 1. The zero-order chi connectivity index (χ0) is 10.4. The van der Waals surface area contributed by atoms with E-state index in [-0.39, 0.29) is 0 Å². The monoisotopic (exact) mass is 195 g/mol. The minimum absolute atomic E-state index is 1.22. The Balaban J connectivity index is 3.47. The summed E-state index contributed by atoms with van der Waals surface area (Å²) in [5.41, 5.74) is 5.88. The van der Waals surface area contributed by atoms with Crippen LogP contribution < -0.4 is 0 Å². The van der Waals surface area contributed by atoms with E-state index >= 15 is 0 Å². The third kappa shape index (κ3) is 1.60. The smallest absolute Gasteiger partial charge is 0.152 e. The SMILES string of the molecule is Cc1c(C)c(C)n([Si](C)(C)C)c1C. The molecule has 1 aromatic heterocycles. The lowest BCUT2D eigenvalue weighted by atomic mass is 10.2. The van der Waals surface area contributed by atoms with Crippen LogP contribution in [0.3, 0.4) is 0 Å². The molecule has 0 saturated heterocycles. The van der Waals surface area contributed by atoms with Crippen molar-refractivity contribution in [2.45, 2.75) is 47.3 Å². The van der Waals surface area contributed by atoms with Gasteiger partial charge in [-0.1, -0.05) is 19.6 Å². The van der Waals surface area contributed by atoms with Gasteiger partial charge in [-0.3, -0.25) is 0 Å². The molecule has 0 aliphatic rings. The Labute approximate surface area is 82.9 Å². The summed E-state index contributed by atoms with van der Waals surface area (Å²) < 4.78 is 2.57. The van der Waals surface area contributed by atoms with Crippen molar-refractivity contribution in [3.63, 3.8) is 0 Å².